The van der Waals surface area contributed by atoms with Crippen LogP contribution >= 0.6 is 0 Å². The van der Waals surface area contributed by atoms with E-state index in [4.69, 9.17) is 4.74 Å². The van der Waals surface area contributed by atoms with Gasteiger partial charge in [0.05, 0.1) is 11.8 Å². The lowest BCUT2D eigenvalue weighted by Crippen LogP contribution is -2.44. The quantitative estimate of drug-likeness (QED) is 0.796. The van der Waals surface area contributed by atoms with Crippen molar-refractivity contribution in [1.82, 2.24) is 19.6 Å². The summed E-state index contributed by atoms with van der Waals surface area (Å²) in [6.45, 7) is 7.83. The number of carbonyl (C=O) groups excluding carboxylic acids is 1. The third-order valence-corrected chi connectivity index (χ3v) is 5.43. The molecule has 24 heavy (non-hydrogen) atoms. The summed E-state index contributed by atoms with van der Waals surface area (Å²) >= 11 is 0. The van der Waals surface area contributed by atoms with Crippen LogP contribution in [-0.2, 0) is 11.8 Å². The molecule has 2 aliphatic rings. The second-order valence-corrected chi connectivity index (χ2v) is 7.01. The molecule has 134 valence electrons. The molecule has 3 rings (SSSR count). The van der Waals surface area contributed by atoms with Gasteiger partial charge >= 0.3 is 0 Å². The third kappa shape index (κ3) is 3.98. The second kappa shape index (κ2) is 8.12. The molecule has 2 aliphatic heterocycles. The van der Waals surface area contributed by atoms with Crippen LogP contribution < -0.4 is 0 Å². The first kappa shape index (κ1) is 17.4. The number of nitrogens with zero attached hydrogens (tertiary/aromatic N) is 4. The van der Waals surface area contributed by atoms with Crippen LogP contribution in [0.25, 0.3) is 0 Å². The van der Waals surface area contributed by atoms with Crippen LogP contribution in [0, 0.1) is 6.92 Å². The van der Waals surface area contributed by atoms with Gasteiger partial charge in [0.2, 0.25) is 0 Å². The van der Waals surface area contributed by atoms with Crippen molar-refractivity contribution >= 4 is 5.91 Å². The Morgan fingerprint density at radius 1 is 1.33 bits per heavy atom. The molecule has 0 bridgehead atoms. The van der Waals surface area contributed by atoms with Crippen molar-refractivity contribution in [2.24, 2.45) is 7.05 Å². The fourth-order valence-electron chi connectivity index (χ4n) is 3.78. The van der Waals surface area contributed by atoms with Gasteiger partial charge in [0.15, 0.2) is 0 Å². The van der Waals surface area contributed by atoms with Gasteiger partial charge in [0.1, 0.15) is 0 Å². The van der Waals surface area contributed by atoms with Crippen molar-refractivity contribution in [3.8, 4) is 0 Å². The van der Waals surface area contributed by atoms with Crippen LogP contribution in [0.5, 0.6) is 0 Å². The topological polar surface area (TPSA) is 50.6 Å². The third-order valence-electron chi connectivity index (χ3n) is 5.43. The zero-order valence-corrected chi connectivity index (χ0v) is 15.0. The first-order valence-corrected chi connectivity index (χ1v) is 9.26. The maximum absolute atomic E-state index is 13.1. The predicted molar refractivity (Wildman–Crippen MR) is 93.1 cm³/mol. The zero-order chi connectivity index (χ0) is 16.9. The van der Waals surface area contributed by atoms with Crippen molar-refractivity contribution in [2.75, 3.05) is 39.4 Å². The highest BCUT2D eigenvalue weighted by atomic mass is 16.5. The van der Waals surface area contributed by atoms with Crippen molar-refractivity contribution in [1.29, 1.82) is 0 Å². The Bertz CT molecular complexity index is 545. The molecule has 0 spiro atoms. The molecule has 0 unspecified atom stereocenters. The van der Waals surface area contributed by atoms with E-state index in [2.05, 4.69) is 14.9 Å². The minimum absolute atomic E-state index is 0.133. The van der Waals surface area contributed by atoms with E-state index in [1.165, 1.54) is 25.9 Å². The molecule has 0 radical (unpaired) electrons. The Morgan fingerprint density at radius 2 is 2.04 bits per heavy atom. The highest BCUT2D eigenvalue weighted by Crippen LogP contribution is 2.20. The molecule has 0 aliphatic carbocycles. The van der Waals surface area contributed by atoms with Gasteiger partial charge in [-0.3, -0.25) is 9.48 Å². The van der Waals surface area contributed by atoms with Gasteiger partial charge in [-0.25, -0.2) is 0 Å². The van der Waals surface area contributed by atoms with Crippen LogP contribution in [0.15, 0.2) is 6.20 Å². The van der Waals surface area contributed by atoms with Crippen molar-refractivity contribution in [3.63, 3.8) is 0 Å². The summed E-state index contributed by atoms with van der Waals surface area (Å²) in [4.78, 5) is 17.7. The predicted octanol–water partition coefficient (Wildman–Crippen LogP) is 1.84. The van der Waals surface area contributed by atoms with Gasteiger partial charge in [-0.05, 0) is 58.7 Å². The summed E-state index contributed by atoms with van der Waals surface area (Å²) in [6, 6.07) is 0.296. The maximum atomic E-state index is 13.1. The van der Waals surface area contributed by atoms with E-state index in [1.54, 1.807) is 10.9 Å². The van der Waals surface area contributed by atoms with Gasteiger partial charge in [-0.1, -0.05) is 0 Å². The number of hydrogen-bond acceptors (Lipinski definition) is 4. The lowest BCUT2D eigenvalue weighted by atomic mass is 10.0. The number of carbonyl (C=O) groups is 1. The molecule has 1 aromatic rings. The fourth-order valence-corrected chi connectivity index (χ4v) is 3.78. The fraction of sp³-hybridized carbons (Fsp3) is 0.778. The highest BCUT2D eigenvalue weighted by Gasteiger charge is 2.28. The van der Waals surface area contributed by atoms with Crippen LogP contribution in [-0.4, -0.2) is 70.9 Å². The molecule has 0 saturated carbocycles. The summed E-state index contributed by atoms with van der Waals surface area (Å²) < 4.78 is 7.26. The van der Waals surface area contributed by atoms with Crippen molar-refractivity contribution < 1.29 is 9.53 Å². The molecule has 0 aromatic carbocycles. The molecule has 6 nitrogen and oxygen atoms in total. The molecule has 6 heteroatoms. The summed E-state index contributed by atoms with van der Waals surface area (Å²) in [7, 11) is 1.89. The first-order valence-electron chi connectivity index (χ1n) is 9.26. The van der Waals surface area contributed by atoms with E-state index >= 15 is 0 Å². The highest BCUT2D eigenvalue weighted by molar-refractivity contribution is 5.95. The van der Waals surface area contributed by atoms with E-state index in [9.17, 15) is 4.79 Å². The summed E-state index contributed by atoms with van der Waals surface area (Å²) in [5.41, 5.74) is 1.68. The normalized spacial score (nSPS) is 19.8. The van der Waals surface area contributed by atoms with E-state index < -0.39 is 0 Å². The molecule has 3 heterocycles. The van der Waals surface area contributed by atoms with Crippen LogP contribution in [0.4, 0.5) is 0 Å². The van der Waals surface area contributed by atoms with Crippen molar-refractivity contribution in [2.45, 2.75) is 45.1 Å². The van der Waals surface area contributed by atoms with E-state index in [0.29, 0.717) is 6.04 Å². The van der Waals surface area contributed by atoms with E-state index in [0.717, 1.165) is 56.8 Å². The zero-order valence-electron chi connectivity index (χ0n) is 15.0. The number of rotatable bonds is 6. The van der Waals surface area contributed by atoms with Gasteiger partial charge in [0, 0.05) is 38.5 Å². The minimum atomic E-state index is 0.133. The van der Waals surface area contributed by atoms with Crippen LogP contribution in [0.2, 0.25) is 0 Å². The number of aromatic nitrogens is 2. The smallest absolute Gasteiger partial charge is 0.257 e. The van der Waals surface area contributed by atoms with Gasteiger partial charge in [-0.15, -0.1) is 0 Å². The molecular weight excluding hydrogens is 304 g/mol. The molecule has 2 fully saturated rings. The Labute approximate surface area is 144 Å². The maximum Gasteiger partial charge on any atom is 0.257 e. The van der Waals surface area contributed by atoms with E-state index in [-0.39, 0.29) is 5.91 Å². The molecule has 1 aromatic heterocycles. The van der Waals surface area contributed by atoms with Crippen LogP contribution in [0.3, 0.4) is 0 Å². The lowest BCUT2D eigenvalue weighted by Gasteiger charge is -2.34. The Balaban J connectivity index is 1.66. The average Bonchev–Trinajstić information content (AvgIpc) is 3.23. The molecule has 0 N–H and O–H groups in total. The standard InChI is InChI=1S/C18H30N4O2/c1-15-17(14-19-20(15)2)18(23)22(16-6-12-24-13-7-16)11-5-10-21-8-3-4-9-21/h14,16H,3-13H2,1-2H3. The number of aryl methyl sites for hydroxylation is 1. The SMILES string of the molecule is Cc1c(C(=O)N(CCCN2CCCC2)C2CCOCC2)cnn1C. The molecule has 2 saturated heterocycles. The Hall–Kier alpha value is -1.40. The molecule has 0 atom stereocenters. The van der Waals surface area contributed by atoms with Crippen molar-refractivity contribution in [3.05, 3.63) is 17.5 Å². The largest absolute Gasteiger partial charge is 0.381 e. The second-order valence-electron chi connectivity index (χ2n) is 7.01. The van der Waals surface area contributed by atoms with E-state index in [1.807, 2.05) is 14.0 Å². The Kier molecular flexibility index (Phi) is 5.89. The molecular formula is C18H30N4O2. The Morgan fingerprint density at radius 3 is 2.67 bits per heavy atom. The lowest BCUT2D eigenvalue weighted by molar-refractivity contribution is 0.0281. The number of amides is 1. The number of hydrogen-bond donors (Lipinski definition) is 0. The molecule has 1 amide bonds. The summed E-state index contributed by atoms with van der Waals surface area (Å²) in [5, 5.41) is 4.24. The van der Waals surface area contributed by atoms with Gasteiger partial charge in [-0.2, -0.15) is 5.10 Å². The summed E-state index contributed by atoms with van der Waals surface area (Å²) in [5.74, 6) is 0.133. The monoisotopic (exact) mass is 334 g/mol. The van der Waals surface area contributed by atoms with Crippen LogP contribution in [0.1, 0.15) is 48.2 Å². The van der Waals surface area contributed by atoms with Gasteiger partial charge < -0.3 is 14.5 Å². The number of ether oxygens (including phenoxy) is 1. The summed E-state index contributed by atoms with van der Waals surface area (Å²) in [6.07, 6.45) is 7.27. The minimum Gasteiger partial charge on any atom is -0.381 e. The first-order chi connectivity index (χ1) is 11.7. The number of likely N-dealkylation sites (tertiary alicyclic amines) is 1. The van der Waals surface area contributed by atoms with Gasteiger partial charge in [0.25, 0.3) is 5.91 Å². The average molecular weight is 334 g/mol.